The van der Waals surface area contributed by atoms with Crippen LogP contribution < -0.4 is 11.1 Å². The fraction of sp³-hybridized carbons (Fsp3) is 0.150. The molecule has 0 saturated heterocycles. The maximum absolute atomic E-state index is 9.02. The van der Waals surface area contributed by atoms with Gasteiger partial charge in [0.25, 0.3) is 0 Å². The monoisotopic (exact) mass is 329 g/mol. The van der Waals surface area contributed by atoms with Crippen LogP contribution in [-0.2, 0) is 6.54 Å². The molecule has 0 aliphatic carbocycles. The maximum atomic E-state index is 9.02. The van der Waals surface area contributed by atoms with E-state index in [2.05, 4.69) is 52.5 Å². The third-order valence-electron chi connectivity index (χ3n) is 4.03. The number of nitrogens with two attached hydrogens (primary N) is 1. The van der Waals surface area contributed by atoms with E-state index in [4.69, 9.17) is 11.0 Å². The highest BCUT2D eigenvalue weighted by molar-refractivity contribution is 5.65. The Morgan fingerprint density at radius 3 is 2.64 bits per heavy atom. The Hall–Kier alpha value is -3.23. The lowest BCUT2D eigenvalue weighted by Crippen LogP contribution is -2.19. The van der Waals surface area contributed by atoms with Crippen LogP contribution in [0.2, 0.25) is 0 Å². The van der Waals surface area contributed by atoms with Crippen LogP contribution in [0.1, 0.15) is 29.9 Å². The van der Waals surface area contributed by atoms with E-state index in [1.807, 2.05) is 24.3 Å². The molecule has 124 valence electrons. The largest absolute Gasteiger partial charge is 0.384 e. The minimum Gasteiger partial charge on any atom is -0.384 e. The summed E-state index contributed by atoms with van der Waals surface area (Å²) in [5.41, 5.74) is 9.64. The molecule has 0 unspecified atom stereocenters. The summed E-state index contributed by atoms with van der Waals surface area (Å²) in [7, 11) is 0. The predicted molar refractivity (Wildman–Crippen MR) is 98.3 cm³/mol. The van der Waals surface area contributed by atoms with E-state index >= 15 is 0 Å². The van der Waals surface area contributed by atoms with Crippen LogP contribution >= 0.6 is 0 Å². The molecule has 3 rings (SSSR count). The van der Waals surface area contributed by atoms with Crippen LogP contribution in [0.25, 0.3) is 11.1 Å². The Bertz CT molecular complexity index is 896. The lowest BCUT2D eigenvalue weighted by Gasteiger charge is -2.14. The number of hydrogen-bond donors (Lipinski definition) is 2. The van der Waals surface area contributed by atoms with Crippen molar-refractivity contribution >= 4 is 5.82 Å². The van der Waals surface area contributed by atoms with E-state index in [0.717, 1.165) is 11.1 Å². The highest BCUT2D eigenvalue weighted by atomic mass is 15.0. The molecule has 1 aromatic heterocycles. The molecular weight excluding hydrogens is 310 g/mol. The zero-order valence-corrected chi connectivity index (χ0v) is 14.0. The molecule has 5 heteroatoms. The van der Waals surface area contributed by atoms with Crippen molar-refractivity contribution in [2.24, 2.45) is 0 Å². The molecule has 3 N–H and O–H groups in total. The van der Waals surface area contributed by atoms with Crippen molar-refractivity contribution in [1.82, 2.24) is 15.3 Å². The zero-order valence-electron chi connectivity index (χ0n) is 14.0. The number of anilines is 1. The first-order valence-electron chi connectivity index (χ1n) is 8.07. The van der Waals surface area contributed by atoms with Crippen molar-refractivity contribution in [1.29, 1.82) is 5.26 Å². The molecule has 5 nitrogen and oxygen atoms in total. The van der Waals surface area contributed by atoms with E-state index in [1.165, 1.54) is 5.56 Å². The molecule has 3 aromatic rings. The van der Waals surface area contributed by atoms with Gasteiger partial charge < -0.3 is 11.1 Å². The van der Waals surface area contributed by atoms with Gasteiger partial charge in [-0.1, -0.05) is 36.4 Å². The van der Waals surface area contributed by atoms with Gasteiger partial charge in [0.05, 0.1) is 18.2 Å². The van der Waals surface area contributed by atoms with Crippen molar-refractivity contribution in [3.8, 4) is 17.2 Å². The van der Waals surface area contributed by atoms with Crippen LogP contribution in [0, 0.1) is 11.3 Å². The van der Waals surface area contributed by atoms with Crippen molar-refractivity contribution in [2.75, 3.05) is 5.73 Å². The number of nitrogen functional groups attached to an aromatic ring is 1. The van der Waals surface area contributed by atoms with Crippen molar-refractivity contribution in [3.05, 3.63) is 77.7 Å². The molecule has 2 aromatic carbocycles. The van der Waals surface area contributed by atoms with Gasteiger partial charge in [-0.3, -0.25) is 0 Å². The molecule has 0 fully saturated rings. The van der Waals surface area contributed by atoms with Gasteiger partial charge in [0.1, 0.15) is 11.6 Å². The summed E-state index contributed by atoms with van der Waals surface area (Å²) in [6.45, 7) is 2.65. The number of hydrogen-bond acceptors (Lipinski definition) is 5. The van der Waals surface area contributed by atoms with Crippen LogP contribution in [-0.4, -0.2) is 9.97 Å². The molecule has 25 heavy (non-hydrogen) atoms. The minimum atomic E-state index is 0.157. The van der Waals surface area contributed by atoms with Crippen LogP contribution in [0.3, 0.4) is 0 Å². The topological polar surface area (TPSA) is 87.6 Å². The van der Waals surface area contributed by atoms with Crippen LogP contribution in [0.5, 0.6) is 0 Å². The summed E-state index contributed by atoms with van der Waals surface area (Å²) in [6, 6.07) is 19.9. The predicted octanol–water partition coefficient (Wildman–Crippen LogP) is 3.45. The number of aromatic nitrogens is 2. The fourth-order valence-corrected chi connectivity index (χ4v) is 2.59. The molecule has 0 amide bonds. The van der Waals surface area contributed by atoms with Crippen molar-refractivity contribution in [2.45, 2.75) is 19.5 Å². The molecule has 0 aliphatic rings. The molecule has 0 saturated carbocycles. The summed E-state index contributed by atoms with van der Waals surface area (Å²) >= 11 is 0. The molecule has 1 heterocycles. The second-order valence-electron chi connectivity index (χ2n) is 5.81. The highest BCUT2D eigenvalue weighted by Crippen LogP contribution is 2.23. The number of nitriles is 1. The van der Waals surface area contributed by atoms with E-state index in [0.29, 0.717) is 23.8 Å². The number of benzene rings is 2. The molecular formula is C20H19N5. The second kappa shape index (κ2) is 7.56. The Labute approximate surface area is 147 Å². The Kier molecular flexibility index (Phi) is 5.03. The summed E-state index contributed by atoms with van der Waals surface area (Å²) in [5.74, 6) is 1.15. The maximum Gasteiger partial charge on any atom is 0.144 e. The van der Waals surface area contributed by atoms with Gasteiger partial charge in [0.15, 0.2) is 0 Å². The zero-order chi connectivity index (χ0) is 17.6. The Morgan fingerprint density at radius 2 is 1.92 bits per heavy atom. The molecule has 0 aliphatic heterocycles. The number of rotatable bonds is 5. The Morgan fingerprint density at radius 1 is 1.12 bits per heavy atom. The lowest BCUT2D eigenvalue weighted by molar-refractivity contribution is 0.559. The van der Waals surface area contributed by atoms with E-state index < -0.39 is 0 Å². The average Bonchev–Trinajstić information content (AvgIpc) is 2.66. The van der Waals surface area contributed by atoms with Crippen molar-refractivity contribution < 1.29 is 0 Å². The molecule has 1 atom stereocenters. The molecule has 0 spiro atoms. The summed E-state index contributed by atoms with van der Waals surface area (Å²) in [4.78, 5) is 8.38. The van der Waals surface area contributed by atoms with Gasteiger partial charge in [-0.2, -0.15) is 5.26 Å². The van der Waals surface area contributed by atoms with E-state index in [1.54, 1.807) is 12.3 Å². The van der Waals surface area contributed by atoms with Gasteiger partial charge >= 0.3 is 0 Å². The third-order valence-corrected chi connectivity index (χ3v) is 4.03. The Balaban J connectivity index is 1.68. The van der Waals surface area contributed by atoms with Crippen LogP contribution in [0.15, 0.2) is 60.8 Å². The molecule has 0 radical (unpaired) electrons. The third kappa shape index (κ3) is 4.19. The average molecular weight is 329 g/mol. The second-order valence-corrected chi connectivity index (χ2v) is 5.81. The standard InChI is InChI=1S/C20H19N5/c1-14(24-13-20-23-10-9-19(22)25-20)16-5-7-17(8-6-16)18-4-2-3-15(11-18)12-21/h2-11,14,24H,13H2,1H3,(H2,22,23,25)/t14-/m1/s1. The highest BCUT2D eigenvalue weighted by Gasteiger charge is 2.07. The molecule has 0 bridgehead atoms. The van der Waals surface area contributed by atoms with Gasteiger partial charge in [-0.15, -0.1) is 0 Å². The van der Waals surface area contributed by atoms with Crippen molar-refractivity contribution in [3.63, 3.8) is 0 Å². The first-order chi connectivity index (χ1) is 12.2. The SMILES string of the molecule is C[C@@H](NCc1nccc(N)n1)c1ccc(-c2cccc(C#N)c2)cc1. The van der Waals surface area contributed by atoms with E-state index in [9.17, 15) is 0 Å². The summed E-state index contributed by atoms with van der Waals surface area (Å²) < 4.78 is 0. The summed E-state index contributed by atoms with van der Waals surface area (Å²) in [5, 5.41) is 12.4. The van der Waals surface area contributed by atoms with Gasteiger partial charge in [0, 0.05) is 12.2 Å². The lowest BCUT2D eigenvalue weighted by atomic mass is 10.00. The van der Waals surface area contributed by atoms with E-state index in [-0.39, 0.29) is 6.04 Å². The summed E-state index contributed by atoms with van der Waals surface area (Å²) in [6.07, 6.45) is 1.66. The van der Waals surface area contributed by atoms with Crippen LogP contribution in [0.4, 0.5) is 5.82 Å². The first-order valence-corrected chi connectivity index (χ1v) is 8.07. The van der Waals surface area contributed by atoms with Gasteiger partial charge in [-0.25, -0.2) is 9.97 Å². The normalized spacial score (nSPS) is 11.7. The first kappa shape index (κ1) is 16.6. The number of nitrogens with zero attached hydrogens (tertiary/aromatic N) is 3. The quantitative estimate of drug-likeness (QED) is 0.748. The smallest absolute Gasteiger partial charge is 0.144 e. The van der Waals surface area contributed by atoms with Gasteiger partial charge in [0.2, 0.25) is 0 Å². The number of nitrogens with one attached hydrogen (secondary N) is 1. The van der Waals surface area contributed by atoms with Gasteiger partial charge in [-0.05, 0) is 41.8 Å². The minimum absolute atomic E-state index is 0.157. The fourth-order valence-electron chi connectivity index (χ4n) is 2.59.